The summed E-state index contributed by atoms with van der Waals surface area (Å²) < 4.78 is 5.22. The quantitative estimate of drug-likeness (QED) is 0.750. The molecular formula is C12H25NO. The molecule has 1 saturated heterocycles. The second-order valence-corrected chi connectivity index (χ2v) is 5.20. The molecule has 0 radical (unpaired) electrons. The van der Waals surface area contributed by atoms with Gasteiger partial charge in [-0.2, -0.15) is 0 Å². The van der Waals surface area contributed by atoms with Crippen molar-refractivity contribution < 1.29 is 4.74 Å². The van der Waals surface area contributed by atoms with Gasteiger partial charge in [0.25, 0.3) is 0 Å². The smallest absolute Gasteiger partial charge is 0.0467 e. The lowest BCUT2D eigenvalue weighted by atomic mass is 9.66. The van der Waals surface area contributed by atoms with Crippen LogP contribution in [0.5, 0.6) is 0 Å². The highest BCUT2D eigenvalue weighted by Crippen LogP contribution is 2.40. The van der Waals surface area contributed by atoms with Gasteiger partial charge in [-0.3, -0.25) is 0 Å². The van der Waals surface area contributed by atoms with Crippen molar-refractivity contribution in [3.8, 4) is 0 Å². The first-order valence-corrected chi connectivity index (χ1v) is 5.80. The Bertz CT molecular complexity index is 170. The fourth-order valence-corrected chi connectivity index (χ4v) is 2.75. The number of piperidine rings is 1. The Hall–Kier alpha value is -0.0800. The third kappa shape index (κ3) is 2.71. The van der Waals surface area contributed by atoms with Gasteiger partial charge in [-0.15, -0.1) is 0 Å². The first-order valence-electron chi connectivity index (χ1n) is 5.80. The van der Waals surface area contributed by atoms with Crippen molar-refractivity contribution in [2.45, 2.75) is 33.6 Å². The molecule has 2 atom stereocenters. The minimum absolute atomic E-state index is 0.482. The molecule has 14 heavy (non-hydrogen) atoms. The maximum Gasteiger partial charge on any atom is 0.0467 e. The highest BCUT2D eigenvalue weighted by molar-refractivity contribution is 4.89. The molecule has 0 saturated carbocycles. The Balaban J connectivity index is 2.59. The van der Waals surface area contributed by atoms with Crippen molar-refractivity contribution >= 4 is 0 Å². The standard InChI is InChI=1S/C12H25NO/c1-10(2)11-9-13-7-5-12(11,3)6-8-14-4/h10-11,13H,5-9H2,1-4H3. The van der Waals surface area contributed by atoms with Crippen LogP contribution in [0.25, 0.3) is 0 Å². The SMILES string of the molecule is COCCC1(C)CCNCC1C(C)C. The van der Waals surface area contributed by atoms with E-state index in [9.17, 15) is 0 Å². The Labute approximate surface area is 88.4 Å². The molecule has 2 heteroatoms. The zero-order valence-electron chi connectivity index (χ0n) is 10.1. The van der Waals surface area contributed by atoms with E-state index in [4.69, 9.17) is 4.74 Å². The summed E-state index contributed by atoms with van der Waals surface area (Å²) in [7, 11) is 1.80. The lowest BCUT2D eigenvalue weighted by molar-refractivity contribution is 0.0483. The van der Waals surface area contributed by atoms with E-state index >= 15 is 0 Å². The minimum atomic E-state index is 0.482. The molecule has 1 N–H and O–H groups in total. The van der Waals surface area contributed by atoms with Crippen LogP contribution in [0.15, 0.2) is 0 Å². The van der Waals surface area contributed by atoms with Crippen LogP contribution in [0.1, 0.15) is 33.6 Å². The van der Waals surface area contributed by atoms with Crippen molar-refractivity contribution in [2.75, 3.05) is 26.8 Å². The Morgan fingerprint density at radius 3 is 2.79 bits per heavy atom. The van der Waals surface area contributed by atoms with E-state index in [0.29, 0.717) is 5.41 Å². The van der Waals surface area contributed by atoms with Crippen molar-refractivity contribution in [1.29, 1.82) is 0 Å². The summed E-state index contributed by atoms with van der Waals surface area (Å²) in [4.78, 5) is 0. The van der Waals surface area contributed by atoms with E-state index in [1.165, 1.54) is 25.9 Å². The van der Waals surface area contributed by atoms with Gasteiger partial charge in [0.15, 0.2) is 0 Å². The van der Waals surface area contributed by atoms with Crippen molar-refractivity contribution in [3.05, 3.63) is 0 Å². The average molecular weight is 199 g/mol. The minimum Gasteiger partial charge on any atom is -0.385 e. The van der Waals surface area contributed by atoms with Gasteiger partial charge >= 0.3 is 0 Å². The van der Waals surface area contributed by atoms with Gasteiger partial charge in [0.05, 0.1) is 0 Å². The number of nitrogens with one attached hydrogen (secondary N) is 1. The molecule has 1 aliphatic rings. The molecule has 0 aromatic rings. The zero-order valence-corrected chi connectivity index (χ0v) is 10.1. The molecule has 1 rings (SSSR count). The summed E-state index contributed by atoms with van der Waals surface area (Å²) in [6.07, 6.45) is 2.49. The molecule has 0 amide bonds. The summed E-state index contributed by atoms with van der Waals surface area (Å²) in [5.41, 5.74) is 0.482. The van der Waals surface area contributed by atoms with Crippen LogP contribution in [0, 0.1) is 17.3 Å². The molecule has 1 aliphatic heterocycles. The third-order valence-electron chi connectivity index (χ3n) is 3.81. The molecular weight excluding hydrogens is 174 g/mol. The van der Waals surface area contributed by atoms with E-state index in [-0.39, 0.29) is 0 Å². The van der Waals surface area contributed by atoms with E-state index in [0.717, 1.165) is 18.4 Å². The fraction of sp³-hybridized carbons (Fsp3) is 1.00. The monoisotopic (exact) mass is 199 g/mol. The maximum absolute atomic E-state index is 5.22. The van der Waals surface area contributed by atoms with Crippen molar-refractivity contribution in [3.63, 3.8) is 0 Å². The largest absolute Gasteiger partial charge is 0.385 e. The summed E-state index contributed by atoms with van der Waals surface area (Å²) >= 11 is 0. The van der Waals surface area contributed by atoms with Crippen LogP contribution >= 0.6 is 0 Å². The Kier molecular flexibility index (Phi) is 4.39. The third-order valence-corrected chi connectivity index (χ3v) is 3.81. The Morgan fingerprint density at radius 1 is 1.50 bits per heavy atom. The topological polar surface area (TPSA) is 21.3 Å². The number of hydrogen-bond acceptors (Lipinski definition) is 2. The van der Waals surface area contributed by atoms with Crippen LogP contribution in [0.2, 0.25) is 0 Å². The van der Waals surface area contributed by atoms with E-state index in [2.05, 4.69) is 26.1 Å². The van der Waals surface area contributed by atoms with Gasteiger partial charge in [-0.05, 0) is 43.2 Å². The predicted molar refractivity (Wildman–Crippen MR) is 60.4 cm³/mol. The van der Waals surface area contributed by atoms with Gasteiger partial charge in [0.2, 0.25) is 0 Å². The number of methoxy groups -OCH3 is 1. The number of rotatable bonds is 4. The number of ether oxygens (including phenoxy) is 1. The molecule has 84 valence electrons. The molecule has 1 heterocycles. The van der Waals surface area contributed by atoms with Gasteiger partial charge in [0.1, 0.15) is 0 Å². The molecule has 1 fully saturated rings. The van der Waals surface area contributed by atoms with Gasteiger partial charge in [-0.25, -0.2) is 0 Å². The molecule has 0 aromatic carbocycles. The molecule has 0 bridgehead atoms. The normalized spacial score (nSPS) is 33.6. The Morgan fingerprint density at radius 2 is 2.21 bits per heavy atom. The highest BCUT2D eigenvalue weighted by atomic mass is 16.5. The summed E-state index contributed by atoms with van der Waals surface area (Å²) in [5.74, 6) is 1.57. The van der Waals surface area contributed by atoms with Gasteiger partial charge in [-0.1, -0.05) is 20.8 Å². The zero-order chi connectivity index (χ0) is 10.6. The molecule has 0 aliphatic carbocycles. The van der Waals surface area contributed by atoms with Crippen molar-refractivity contribution in [1.82, 2.24) is 5.32 Å². The van der Waals surface area contributed by atoms with Gasteiger partial charge in [0, 0.05) is 13.7 Å². The first-order chi connectivity index (χ1) is 6.60. The number of hydrogen-bond donors (Lipinski definition) is 1. The fourth-order valence-electron chi connectivity index (χ4n) is 2.75. The molecule has 0 spiro atoms. The van der Waals surface area contributed by atoms with Crippen molar-refractivity contribution in [2.24, 2.45) is 17.3 Å². The van der Waals surface area contributed by atoms with E-state index < -0.39 is 0 Å². The first kappa shape index (κ1) is 12.0. The van der Waals surface area contributed by atoms with Crippen LogP contribution in [-0.4, -0.2) is 26.8 Å². The predicted octanol–water partition coefficient (Wildman–Crippen LogP) is 2.29. The highest BCUT2D eigenvalue weighted by Gasteiger charge is 2.37. The van der Waals surface area contributed by atoms with Gasteiger partial charge < -0.3 is 10.1 Å². The summed E-state index contributed by atoms with van der Waals surface area (Å²) in [5, 5.41) is 3.51. The molecule has 0 aromatic heterocycles. The summed E-state index contributed by atoms with van der Waals surface area (Å²) in [6, 6.07) is 0. The average Bonchev–Trinajstić information content (AvgIpc) is 2.15. The van der Waals surface area contributed by atoms with Crippen LogP contribution in [-0.2, 0) is 4.74 Å². The van der Waals surface area contributed by atoms with E-state index in [1.54, 1.807) is 7.11 Å². The van der Waals surface area contributed by atoms with Crippen LogP contribution in [0.4, 0.5) is 0 Å². The lowest BCUT2D eigenvalue weighted by Gasteiger charge is -2.44. The second kappa shape index (κ2) is 5.13. The second-order valence-electron chi connectivity index (χ2n) is 5.20. The van der Waals surface area contributed by atoms with Crippen LogP contribution in [0.3, 0.4) is 0 Å². The molecule has 2 unspecified atom stereocenters. The summed E-state index contributed by atoms with van der Waals surface area (Å²) in [6.45, 7) is 10.4. The molecule has 2 nitrogen and oxygen atoms in total. The van der Waals surface area contributed by atoms with Crippen LogP contribution < -0.4 is 5.32 Å². The lowest BCUT2D eigenvalue weighted by Crippen LogP contribution is -2.46. The maximum atomic E-state index is 5.22. The van der Waals surface area contributed by atoms with E-state index in [1.807, 2.05) is 0 Å².